The Balaban J connectivity index is 2.24. The van der Waals surface area contributed by atoms with Gasteiger partial charge < -0.3 is 9.84 Å². The van der Waals surface area contributed by atoms with Crippen molar-refractivity contribution in [2.24, 2.45) is 0 Å². The van der Waals surface area contributed by atoms with E-state index < -0.39 is 0 Å². The van der Waals surface area contributed by atoms with Crippen LogP contribution in [0.5, 0.6) is 5.75 Å². The molecule has 13 heavy (non-hydrogen) atoms. The third-order valence-corrected chi connectivity index (χ3v) is 2.58. The van der Waals surface area contributed by atoms with E-state index >= 15 is 0 Å². The molecule has 1 aliphatic rings. The molecular weight excluding hydrogens is 184 g/mol. The van der Waals surface area contributed by atoms with Gasteiger partial charge in [0, 0.05) is 16.7 Å². The summed E-state index contributed by atoms with van der Waals surface area (Å²) in [6.07, 6.45) is 0. The molecule has 0 aromatic heterocycles. The quantitative estimate of drug-likeness (QED) is 0.744. The zero-order chi connectivity index (χ0) is 9.10. The monoisotopic (exact) mass is 194 g/mol. The summed E-state index contributed by atoms with van der Waals surface area (Å²) in [6.45, 7) is 0.761. The van der Waals surface area contributed by atoms with Crippen molar-refractivity contribution in [2.75, 3.05) is 12.4 Å². The Morgan fingerprint density at radius 3 is 2.62 bits per heavy atom. The predicted octanol–water partition coefficient (Wildman–Crippen LogP) is 2.45. The molecule has 0 fully saturated rings. The van der Waals surface area contributed by atoms with Crippen LogP contribution >= 0.6 is 11.8 Å². The van der Waals surface area contributed by atoms with Crippen LogP contribution in [0, 0.1) is 0 Å². The number of thioether (sulfide) groups is 1. The van der Waals surface area contributed by atoms with E-state index in [2.05, 4.69) is 0 Å². The largest absolute Gasteiger partial charge is 0.508 e. The first kappa shape index (κ1) is 8.51. The number of rotatable bonds is 1. The van der Waals surface area contributed by atoms with Gasteiger partial charge in [-0.2, -0.15) is 0 Å². The SMILES string of the molecule is Oc1ccc(C2=CSCCO2)cc1. The second kappa shape index (κ2) is 3.75. The van der Waals surface area contributed by atoms with Crippen LogP contribution in [-0.2, 0) is 4.74 Å². The highest BCUT2D eigenvalue weighted by molar-refractivity contribution is 8.02. The maximum atomic E-state index is 9.09. The number of phenols is 1. The molecular formula is C10H10O2S. The van der Waals surface area contributed by atoms with E-state index in [1.54, 1.807) is 23.9 Å². The topological polar surface area (TPSA) is 29.5 Å². The van der Waals surface area contributed by atoms with E-state index in [0.717, 1.165) is 23.7 Å². The molecule has 2 rings (SSSR count). The Bertz CT molecular complexity index is 316. The molecule has 2 nitrogen and oxygen atoms in total. The van der Waals surface area contributed by atoms with E-state index in [9.17, 15) is 0 Å². The van der Waals surface area contributed by atoms with Crippen LogP contribution in [-0.4, -0.2) is 17.5 Å². The highest BCUT2D eigenvalue weighted by atomic mass is 32.2. The molecule has 0 saturated heterocycles. The minimum absolute atomic E-state index is 0.285. The Morgan fingerprint density at radius 2 is 2.00 bits per heavy atom. The predicted molar refractivity (Wildman–Crippen MR) is 54.5 cm³/mol. The molecule has 3 heteroatoms. The maximum absolute atomic E-state index is 9.09. The fourth-order valence-electron chi connectivity index (χ4n) is 1.15. The van der Waals surface area contributed by atoms with Crippen molar-refractivity contribution in [3.05, 3.63) is 35.2 Å². The van der Waals surface area contributed by atoms with Crippen LogP contribution in [0.3, 0.4) is 0 Å². The summed E-state index contributed by atoms with van der Waals surface area (Å²) >= 11 is 1.75. The highest BCUT2D eigenvalue weighted by Gasteiger charge is 2.06. The van der Waals surface area contributed by atoms with E-state index in [1.165, 1.54) is 0 Å². The third kappa shape index (κ3) is 1.98. The molecule has 0 unspecified atom stereocenters. The first-order valence-electron chi connectivity index (χ1n) is 4.10. The summed E-state index contributed by atoms with van der Waals surface area (Å²) in [5.41, 5.74) is 1.02. The van der Waals surface area contributed by atoms with E-state index in [4.69, 9.17) is 9.84 Å². The molecule has 0 atom stereocenters. The second-order valence-corrected chi connectivity index (χ2v) is 3.73. The van der Waals surface area contributed by atoms with Gasteiger partial charge in [-0.25, -0.2) is 0 Å². The van der Waals surface area contributed by atoms with Gasteiger partial charge in [0.15, 0.2) is 0 Å². The van der Waals surface area contributed by atoms with Gasteiger partial charge in [-0.3, -0.25) is 0 Å². The van der Waals surface area contributed by atoms with Crippen molar-refractivity contribution in [3.8, 4) is 5.75 Å². The average Bonchev–Trinajstić information content (AvgIpc) is 2.20. The fraction of sp³-hybridized carbons (Fsp3) is 0.200. The Hall–Kier alpha value is -1.09. The van der Waals surface area contributed by atoms with Crippen LogP contribution in [0.15, 0.2) is 29.7 Å². The molecule has 1 aliphatic heterocycles. The fourth-order valence-corrected chi connectivity index (χ4v) is 1.80. The Kier molecular flexibility index (Phi) is 2.45. The lowest BCUT2D eigenvalue weighted by Crippen LogP contribution is -2.00. The molecule has 0 spiro atoms. The number of phenolic OH excluding ortho intramolecular Hbond substituents is 1. The third-order valence-electron chi connectivity index (χ3n) is 1.80. The van der Waals surface area contributed by atoms with Gasteiger partial charge >= 0.3 is 0 Å². The van der Waals surface area contributed by atoms with E-state index in [-0.39, 0.29) is 5.75 Å². The van der Waals surface area contributed by atoms with Gasteiger partial charge in [0.25, 0.3) is 0 Å². The van der Waals surface area contributed by atoms with Gasteiger partial charge in [-0.15, -0.1) is 11.8 Å². The molecule has 0 saturated carbocycles. The summed E-state index contributed by atoms with van der Waals surface area (Å²) in [7, 11) is 0. The summed E-state index contributed by atoms with van der Waals surface area (Å²) in [6, 6.07) is 7.04. The van der Waals surface area contributed by atoms with Crippen molar-refractivity contribution in [2.45, 2.75) is 0 Å². The minimum Gasteiger partial charge on any atom is -0.508 e. The van der Waals surface area contributed by atoms with Gasteiger partial charge in [0.1, 0.15) is 11.5 Å². The molecule has 0 amide bonds. The Morgan fingerprint density at radius 1 is 1.23 bits per heavy atom. The molecule has 0 bridgehead atoms. The Labute approximate surface area is 81.2 Å². The molecule has 0 radical (unpaired) electrons. The number of benzene rings is 1. The summed E-state index contributed by atoms with van der Waals surface area (Å²) in [4.78, 5) is 0. The van der Waals surface area contributed by atoms with Gasteiger partial charge in [-0.1, -0.05) is 0 Å². The van der Waals surface area contributed by atoms with Crippen molar-refractivity contribution in [1.29, 1.82) is 0 Å². The number of ether oxygens (including phenoxy) is 1. The van der Waals surface area contributed by atoms with Crippen LogP contribution < -0.4 is 0 Å². The zero-order valence-electron chi connectivity index (χ0n) is 7.06. The van der Waals surface area contributed by atoms with Crippen LogP contribution in [0.4, 0.5) is 0 Å². The van der Waals surface area contributed by atoms with E-state index in [0.29, 0.717) is 0 Å². The van der Waals surface area contributed by atoms with Crippen molar-refractivity contribution < 1.29 is 9.84 Å². The van der Waals surface area contributed by atoms with Gasteiger partial charge in [0.05, 0.1) is 6.61 Å². The van der Waals surface area contributed by atoms with Crippen molar-refractivity contribution >= 4 is 17.5 Å². The number of hydrogen-bond donors (Lipinski definition) is 1. The summed E-state index contributed by atoms with van der Waals surface area (Å²) in [5.74, 6) is 2.20. The van der Waals surface area contributed by atoms with Gasteiger partial charge in [0.2, 0.25) is 0 Å². The molecule has 68 valence electrons. The van der Waals surface area contributed by atoms with E-state index in [1.807, 2.05) is 17.5 Å². The lowest BCUT2D eigenvalue weighted by molar-refractivity contribution is 0.299. The van der Waals surface area contributed by atoms with Crippen LogP contribution in [0.1, 0.15) is 5.56 Å². The summed E-state index contributed by atoms with van der Waals surface area (Å²) < 4.78 is 5.46. The van der Waals surface area contributed by atoms with Crippen LogP contribution in [0.2, 0.25) is 0 Å². The minimum atomic E-state index is 0.285. The average molecular weight is 194 g/mol. The molecule has 0 aliphatic carbocycles. The normalized spacial score (nSPS) is 16.2. The smallest absolute Gasteiger partial charge is 0.132 e. The second-order valence-electron chi connectivity index (χ2n) is 2.75. The van der Waals surface area contributed by atoms with Crippen molar-refractivity contribution in [3.63, 3.8) is 0 Å². The van der Waals surface area contributed by atoms with Crippen LogP contribution in [0.25, 0.3) is 5.76 Å². The number of hydrogen-bond acceptors (Lipinski definition) is 3. The molecule has 1 aromatic carbocycles. The van der Waals surface area contributed by atoms with Crippen molar-refractivity contribution in [1.82, 2.24) is 0 Å². The lowest BCUT2D eigenvalue weighted by atomic mass is 10.2. The first-order valence-corrected chi connectivity index (χ1v) is 5.15. The summed E-state index contributed by atoms with van der Waals surface area (Å²) in [5, 5.41) is 11.1. The molecule has 1 heterocycles. The number of aromatic hydroxyl groups is 1. The zero-order valence-corrected chi connectivity index (χ0v) is 7.88. The standard InChI is InChI=1S/C10H10O2S/c11-9-3-1-8(2-4-9)10-7-13-6-5-12-10/h1-4,7,11H,5-6H2. The first-order chi connectivity index (χ1) is 6.36. The molecule has 1 aromatic rings. The highest BCUT2D eigenvalue weighted by Crippen LogP contribution is 2.25. The molecule has 1 N–H and O–H groups in total. The maximum Gasteiger partial charge on any atom is 0.132 e. The lowest BCUT2D eigenvalue weighted by Gasteiger charge is -2.14. The van der Waals surface area contributed by atoms with Gasteiger partial charge in [-0.05, 0) is 24.3 Å².